The molecule has 0 fully saturated rings. The summed E-state index contributed by atoms with van der Waals surface area (Å²) in [5, 5.41) is 7.29. The minimum Gasteiger partial charge on any atom is -0.456 e. The average molecular weight is 703 g/mol. The van der Waals surface area contributed by atoms with Gasteiger partial charge in [0.15, 0.2) is 0 Å². The van der Waals surface area contributed by atoms with Crippen LogP contribution in [0.3, 0.4) is 0 Å². The summed E-state index contributed by atoms with van der Waals surface area (Å²) in [4.78, 5) is 2.31. The number of hydrogen-bond donors (Lipinski definition) is 0. The number of furan rings is 1. The summed E-state index contributed by atoms with van der Waals surface area (Å²) in [7, 11) is 0. The maximum atomic E-state index is 6.34. The molecule has 0 unspecified atom stereocenters. The van der Waals surface area contributed by atoms with Gasteiger partial charge >= 0.3 is 0 Å². The monoisotopic (exact) mass is 702 g/mol. The van der Waals surface area contributed by atoms with Gasteiger partial charge in [0.2, 0.25) is 0 Å². The van der Waals surface area contributed by atoms with Crippen LogP contribution in [0.4, 0.5) is 17.1 Å². The molecule has 3 heteroatoms. The van der Waals surface area contributed by atoms with E-state index in [4.69, 9.17) is 4.42 Å². The lowest BCUT2D eigenvalue weighted by Gasteiger charge is -2.26. The van der Waals surface area contributed by atoms with E-state index in [1.54, 1.807) is 0 Å². The van der Waals surface area contributed by atoms with Crippen LogP contribution in [0.25, 0.3) is 82.5 Å². The summed E-state index contributed by atoms with van der Waals surface area (Å²) in [6.45, 7) is 0. The second kappa shape index (κ2) is 12.6. The fourth-order valence-corrected chi connectivity index (χ4v) is 8.27. The first-order valence-corrected chi connectivity index (χ1v) is 18.7. The quantitative estimate of drug-likeness (QED) is 0.172. The first kappa shape index (κ1) is 31.2. The van der Waals surface area contributed by atoms with Crippen molar-refractivity contribution in [3.63, 3.8) is 0 Å². The van der Waals surface area contributed by atoms with Gasteiger partial charge in [-0.15, -0.1) is 0 Å². The molecule has 9 aromatic carbocycles. The number of benzene rings is 9. The van der Waals surface area contributed by atoms with Gasteiger partial charge in [-0.2, -0.15) is 0 Å². The molecule has 0 radical (unpaired) electrons. The van der Waals surface area contributed by atoms with Gasteiger partial charge in [-0.1, -0.05) is 127 Å². The molecule has 3 nitrogen and oxygen atoms in total. The third-order valence-corrected chi connectivity index (χ3v) is 11.0. The number of para-hydroxylation sites is 2. The summed E-state index contributed by atoms with van der Waals surface area (Å²) in [5.74, 6) is 0. The van der Waals surface area contributed by atoms with Gasteiger partial charge in [-0.05, 0) is 106 Å². The van der Waals surface area contributed by atoms with Crippen molar-refractivity contribution in [1.29, 1.82) is 0 Å². The van der Waals surface area contributed by atoms with Gasteiger partial charge in [0, 0.05) is 50.4 Å². The zero-order valence-electron chi connectivity index (χ0n) is 29.9. The molecule has 0 bridgehead atoms. The molecular weight excluding hydrogens is 669 g/mol. The molecule has 2 heterocycles. The summed E-state index contributed by atoms with van der Waals surface area (Å²) in [6.07, 6.45) is 0. The van der Waals surface area contributed by atoms with E-state index in [1.165, 1.54) is 49.3 Å². The summed E-state index contributed by atoms with van der Waals surface area (Å²) in [6, 6.07) is 73.9. The molecule has 0 saturated heterocycles. The van der Waals surface area contributed by atoms with Crippen LogP contribution in [0.15, 0.2) is 211 Å². The molecular formula is C52H34N2O. The van der Waals surface area contributed by atoms with Gasteiger partial charge < -0.3 is 13.9 Å². The van der Waals surface area contributed by atoms with Crippen LogP contribution in [-0.2, 0) is 0 Å². The molecule has 0 aliphatic carbocycles. The number of fused-ring (bicyclic) bond motifs is 7. The molecule has 0 spiro atoms. The van der Waals surface area contributed by atoms with Crippen molar-refractivity contribution in [3.05, 3.63) is 206 Å². The molecule has 11 aromatic rings. The maximum absolute atomic E-state index is 6.34. The zero-order valence-corrected chi connectivity index (χ0v) is 29.9. The topological polar surface area (TPSA) is 21.3 Å². The Morgan fingerprint density at radius 1 is 0.327 bits per heavy atom. The summed E-state index contributed by atoms with van der Waals surface area (Å²) < 4.78 is 8.74. The Kier molecular flexibility index (Phi) is 7.17. The van der Waals surface area contributed by atoms with Gasteiger partial charge in [0.25, 0.3) is 0 Å². The predicted molar refractivity (Wildman–Crippen MR) is 231 cm³/mol. The van der Waals surface area contributed by atoms with E-state index in [9.17, 15) is 0 Å². The Labute approximate surface area is 318 Å². The minimum absolute atomic E-state index is 0.873. The van der Waals surface area contributed by atoms with Crippen molar-refractivity contribution < 1.29 is 4.42 Å². The van der Waals surface area contributed by atoms with Gasteiger partial charge in [0.1, 0.15) is 11.2 Å². The average Bonchev–Trinajstić information content (AvgIpc) is 3.79. The van der Waals surface area contributed by atoms with E-state index >= 15 is 0 Å². The standard InChI is InChI=1S/C52H34N2O/c1-2-10-35(11-3-1)36-18-24-41(25-19-36)53(44-30-31-47-46-15-7-9-17-51(46)55-52(47)34-44)42-26-20-37(21-27-42)38-22-28-43(29-23-38)54-49-16-8-6-14-45(49)48-32-39-12-4-5-13-40(39)33-50(48)54/h1-34H. The molecule has 0 saturated carbocycles. The third-order valence-electron chi connectivity index (χ3n) is 11.0. The van der Waals surface area contributed by atoms with Gasteiger partial charge in [-0.25, -0.2) is 0 Å². The maximum Gasteiger partial charge on any atom is 0.137 e. The SMILES string of the molecule is c1ccc(-c2ccc(N(c3ccc(-c4ccc(-n5c6ccccc6c6cc7ccccc7cc65)cc4)cc3)c3ccc4c(c3)oc3ccccc34)cc2)cc1. The lowest BCUT2D eigenvalue weighted by molar-refractivity contribution is 0.669. The van der Waals surface area contributed by atoms with Crippen LogP contribution >= 0.6 is 0 Å². The molecule has 0 amide bonds. The largest absolute Gasteiger partial charge is 0.456 e. The van der Waals surface area contributed by atoms with E-state index < -0.39 is 0 Å². The van der Waals surface area contributed by atoms with E-state index in [0.717, 1.165) is 50.3 Å². The van der Waals surface area contributed by atoms with Crippen LogP contribution in [0.2, 0.25) is 0 Å². The lowest BCUT2D eigenvalue weighted by atomic mass is 10.0. The van der Waals surface area contributed by atoms with Crippen LogP contribution in [0.1, 0.15) is 0 Å². The van der Waals surface area contributed by atoms with Crippen LogP contribution in [-0.4, -0.2) is 4.57 Å². The van der Waals surface area contributed by atoms with Crippen LogP contribution in [0, 0.1) is 0 Å². The van der Waals surface area contributed by atoms with Crippen molar-refractivity contribution in [2.45, 2.75) is 0 Å². The van der Waals surface area contributed by atoms with Crippen molar-refractivity contribution in [3.8, 4) is 27.9 Å². The lowest BCUT2D eigenvalue weighted by Crippen LogP contribution is -2.09. The highest BCUT2D eigenvalue weighted by Crippen LogP contribution is 2.40. The Morgan fingerprint density at radius 3 is 1.56 bits per heavy atom. The molecule has 0 atom stereocenters. The molecule has 2 aromatic heterocycles. The smallest absolute Gasteiger partial charge is 0.137 e. The van der Waals surface area contributed by atoms with E-state index in [1.807, 2.05) is 12.1 Å². The number of aromatic nitrogens is 1. The molecule has 0 aliphatic heterocycles. The Balaban J connectivity index is 0.968. The van der Waals surface area contributed by atoms with E-state index in [0.29, 0.717) is 0 Å². The first-order chi connectivity index (χ1) is 27.2. The van der Waals surface area contributed by atoms with E-state index in [-0.39, 0.29) is 0 Å². The first-order valence-electron chi connectivity index (χ1n) is 18.7. The number of hydrogen-bond acceptors (Lipinski definition) is 2. The molecule has 258 valence electrons. The zero-order chi connectivity index (χ0) is 36.3. The van der Waals surface area contributed by atoms with Crippen LogP contribution in [0.5, 0.6) is 0 Å². The second-order valence-corrected chi connectivity index (χ2v) is 14.2. The van der Waals surface area contributed by atoms with Crippen molar-refractivity contribution in [1.82, 2.24) is 4.57 Å². The second-order valence-electron chi connectivity index (χ2n) is 14.2. The number of nitrogens with zero attached hydrogens (tertiary/aromatic N) is 2. The van der Waals surface area contributed by atoms with E-state index in [2.05, 4.69) is 204 Å². The van der Waals surface area contributed by atoms with Crippen molar-refractivity contribution >= 4 is 71.6 Å². The molecule has 11 rings (SSSR count). The Hall–Kier alpha value is -7.36. The van der Waals surface area contributed by atoms with Crippen molar-refractivity contribution in [2.75, 3.05) is 4.90 Å². The number of anilines is 3. The Bertz CT molecular complexity index is 3170. The van der Waals surface area contributed by atoms with Gasteiger partial charge in [-0.3, -0.25) is 0 Å². The number of rotatable bonds is 6. The summed E-state index contributed by atoms with van der Waals surface area (Å²) in [5.41, 5.74) is 13.2. The molecule has 0 aliphatic rings. The fraction of sp³-hybridized carbons (Fsp3) is 0. The predicted octanol–water partition coefficient (Wildman–Crippen LogP) is 14.6. The normalized spacial score (nSPS) is 11.6. The van der Waals surface area contributed by atoms with Gasteiger partial charge in [0.05, 0.1) is 11.0 Å². The summed E-state index contributed by atoms with van der Waals surface area (Å²) >= 11 is 0. The third kappa shape index (κ3) is 5.28. The highest BCUT2D eigenvalue weighted by atomic mass is 16.3. The van der Waals surface area contributed by atoms with Crippen LogP contribution < -0.4 is 4.90 Å². The molecule has 0 N–H and O–H groups in total. The highest BCUT2D eigenvalue weighted by molar-refractivity contribution is 6.13. The Morgan fingerprint density at radius 2 is 0.855 bits per heavy atom. The minimum atomic E-state index is 0.873. The fourth-order valence-electron chi connectivity index (χ4n) is 8.27. The van der Waals surface area contributed by atoms with Crippen molar-refractivity contribution in [2.24, 2.45) is 0 Å². The molecule has 55 heavy (non-hydrogen) atoms. The highest BCUT2D eigenvalue weighted by Gasteiger charge is 2.17.